The highest BCUT2D eigenvalue weighted by molar-refractivity contribution is 5.96. The summed E-state index contributed by atoms with van der Waals surface area (Å²) in [6.45, 7) is 3.33. The molecule has 0 unspecified atom stereocenters. The molecule has 0 aliphatic rings. The largest absolute Gasteiger partial charge is 0.493 e. The highest BCUT2D eigenvalue weighted by Crippen LogP contribution is 2.19. The number of fused-ring (bicyclic) bond motifs is 1. The molecule has 0 bridgehead atoms. The van der Waals surface area contributed by atoms with Crippen molar-refractivity contribution in [2.24, 2.45) is 0 Å². The fourth-order valence-corrected chi connectivity index (χ4v) is 3.26. The molecule has 0 radical (unpaired) electrons. The highest BCUT2D eigenvalue weighted by atomic mass is 16.5. The Morgan fingerprint density at radius 2 is 1.83 bits per heavy atom. The van der Waals surface area contributed by atoms with E-state index in [0.717, 1.165) is 22.6 Å². The predicted octanol–water partition coefficient (Wildman–Crippen LogP) is 3.81. The molecule has 0 aliphatic heterocycles. The van der Waals surface area contributed by atoms with Gasteiger partial charge in [0.15, 0.2) is 5.65 Å². The fourth-order valence-electron chi connectivity index (χ4n) is 3.26. The second-order valence-electron chi connectivity index (χ2n) is 6.56. The zero-order valence-corrected chi connectivity index (χ0v) is 16.2. The monoisotopic (exact) mass is 386 g/mol. The zero-order valence-electron chi connectivity index (χ0n) is 16.2. The van der Waals surface area contributed by atoms with E-state index in [4.69, 9.17) is 4.74 Å². The van der Waals surface area contributed by atoms with E-state index in [9.17, 15) is 4.79 Å². The zero-order chi connectivity index (χ0) is 20.1. The number of nitrogens with one attached hydrogen (secondary N) is 1. The summed E-state index contributed by atoms with van der Waals surface area (Å²) in [6, 6.07) is 21.2. The van der Waals surface area contributed by atoms with Crippen LogP contribution in [0.2, 0.25) is 0 Å². The van der Waals surface area contributed by atoms with Crippen molar-refractivity contribution in [1.29, 1.82) is 0 Å². The molecule has 4 aromatic rings. The average Bonchev–Trinajstić information content (AvgIpc) is 3.11. The van der Waals surface area contributed by atoms with E-state index in [1.165, 1.54) is 0 Å². The van der Waals surface area contributed by atoms with Crippen LogP contribution in [0.1, 0.15) is 28.7 Å². The first-order valence-electron chi connectivity index (χ1n) is 9.60. The van der Waals surface area contributed by atoms with Gasteiger partial charge in [0.1, 0.15) is 17.1 Å². The molecule has 6 heteroatoms. The Morgan fingerprint density at radius 1 is 1.03 bits per heavy atom. The maximum Gasteiger partial charge on any atom is 0.255 e. The predicted molar refractivity (Wildman–Crippen MR) is 112 cm³/mol. The number of benzene rings is 2. The van der Waals surface area contributed by atoms with Gasteiger partial charge in [0.2, 0.25) is 0 Å². The van der Waals surface area contributed by atoms with Crippen LogP contribution in [0.3, 0.4) is 0 Å². The standard InChI is InChI=1S/C23H22N4O2/c1-2-29-20-13-7-6-11-18(20)23(28)25-15-21-26-19-12-8-14-24-22(19)27(21)16-17-9-4-3-5-10-17/h3-14H,2,15-16H2,1H3,(H,25,28). The summed E-state index contributed by atoms with van der Waals surface area (Å²) < 4.78 is 7.61. The first kappa shape index (κ1) is 18.7. The lowest BCUT2D eigenvalue weighted by Crippen LogP contribution is -2.25. The van der Waals surface area contributed by atoms with Gasteiger partial charge < -0.3 is 14.6 Å². The minimum absolute atomic E-state index is 0.194. The van der Waals surface area contributed by atoms with Crippen LogP contribution in [0.25, 0.3) is 11.2 Å². The minimum Gasteiger partial charge on any atom is -0.493 e. The summed E-state index contributed by atoms with van der Waals surface area (Å²) in [5.74, 6) is 1.14. The maximum atomic E-state index is 12.8. The number of pyridine rings is 1. The van der Waals surface area contributed by atoms with Gasteiger partial charge >= 0.3 is 0 Å². The molecule has 0 saturated heterocycles. The number of ether oxygens (including phenoxy) is 1. The number of rotatable bonds is 7. The third-order valence-corrected chi connectivity index (χ3v) is 4.60. The van der Waals surface area contributed by atoms with E-state index in [-0.39, 0.29) is 5.91 Å². The number of carbonyl (C=O) groups excluding carboxylic acids is 1. The van der Waals surface area contributed by atoms with Crippen molar-refractivity contribution in [3.63, 3.8) is 0 Å². The van der Waals surface area contributed by atoms with Gasteiger partial charge in [-0.1, -0.05) is 42.5 Å². The van der Waals surface area contributed by atoms with E-state index in [2.05, 4.69) is 27.4 Å². The summed E-state index contributed by atoms with van der Waals surface area (Å²) in [6.07, 6.45) is 1.76. The molecule has 0 atom stereocenters. The Kier molecular flexibility index (Phi) is 5.52. The smallest absolute Gasteiger partial charge is 0.255 e. The average molecular weight is 386 g/mol. The quantitative estimate of drug-likeness (QED) is 0.524. The summed E-state index contributed by atoms with van der Waals surface area (Å²) >= 11 is 0. The van der Waals surface area contributed by atoms with Crippen LogP contribution >= 0.6 is 0 Å². The summed E-state index contributed by atoms with van der Waals surface area (Å²) in [5.41, 5.74) is 3.27. The SMILES string of the molecule is CCOc1ccccc1C(=O)NCc1nc2cccnc2n1Cc1ccccc1. The minimum atomic E-state index is -0.194. The molecule has 1 N–H and O–H groups in total. The number of aromatic nitrogens is 3. The second kappa shape index (κ2) is 8.56. The molecule has 2 heterocycles. The van der Waals surface area contributed by atoms with Crippen LogP contribution in [0, 0.1) is 0 Å². The molecule has 1 amide bonds. The first-order valence-corrected chi connectivity index (χ1v) is 9.60. The number of para-hydroxylation sites is 1. The van der Waals surface area contributed by atoms with Crippen molar-refractivity contribution in [2.45, 2.75) is 20.0 Å². The maximum absolute atomic E-state index is 12.8. The van der Waals surface area contributed by atoms with Crippen molar-refractivity contribution in [3.8, 4) is 5.75 Å². The van der Waals surface area contributed by atoms with Crippen LogP contribution in [0.5, 0.6) is 5.75 Å². The number of hydrogen-bond acceptors (Lipinski definition) is 4. The van der Waals surface area contributed by atoms with Crippen molar-refractivity contribution < 1.29 is 9.53 Å². The molecule has 29 heavy (non-hydrogen) atoms. The highest BCUT2D eigenvalue weighted by Gasteiger charge is 2.15. The Labute approximate surface area is 169 Å². The lowest BCUT2D eigenvalue weighted by molar-refractivity contribution is 0.0945. The number of nitrogens with zero attached hydrogens (tertiary/aromatic N) is 3. The van der Waals surface area contributed by atoms with Crippen molar-refractivity contribution >= 4 is 17.1 Å². The van der Waals surface area contributed by atoms with E-state index in [1.54, 1.807) is 18.3 Å². The number of amides is 1. The van der Waals surface area contributed by atoms with Crippen LogP contribution < -0.4 is 10.1 Å². The summed E-state index contributed by atoms with van der Waals surface area (Å²) in [7, 11) is 0. The Hall–Kier alpha value is -3.67. The summed E-state index contributed by atoms with van der Waals surface area (Å²) in [4.78, 5) is 21.9. The molecule has 0 spiro atoms. The van der Waals surface area contributed by atoms with E-state index < -0.39 is 0 Å². The first-order chi connectivity index (χ1) is 14.3. The van der Waals surface area contributed by atoms with Crippen molar-refractivity contribution in [2.75, 3.05) is 6.61 Å². The molecular formula is C23H22N4O2. The van der Waals surface area contributed by atoms with Crippen LogP contribution in [-0.4, -0.2) is 27.0 Å². The van der Waals surface area contributed by atoms with Crippen LogP contribution in [0.4, 0.5) is 0 Å². The van der Waals surface area contributed by atoms with Crippen molar-refractivity contribution in [3.05, 3.63) is 89.9 Å². The van der Waals surface area contributed by atoms with E-state index >= 15 is 0 Å². The number of imidazole rings is 1. The van der Waals surface area contributed by atoms with Gasteiger partial charge in [-0.15, -0.1) is 0 Å². The molecule has 6 nitrogen and oxygen atoms in total. The van der Waals surface area contributed by atoms with Gasteiger partial charge in [0, 0.05) is 6.20 Å². The van der Waals surface area contributed by atoms with E-state index in [1.807, 2.05) is 54.0 Å². The third-order valence-electron chi connectivity index (χ3n) is 4.60. The topological polar surface area (TPSA) is 69.0 Å². The number of carbonyl (C=O) groups is 1. The van der Waals surface area contributed by atoms with Gasteiger partial charge in [0.25, 0.3) is 5.91 Å². The Balaban J connectivity index is 1.60. The van der Waals surface area contributed by atoms with Gasteiger partial charge in [-0.25, -0.2) is 9.97 Å². The third kappa shape index (κ3) is 4.11. The van der Waals surface area contributed by atoms with Crippen molar-refractivity contribution in [1.82, 2.24) is 19.9 Å². The normalized spacial score (nSPS) is 10.8. The lowest BCUT2D eigenvalue weighted by Gasteiger charge is -2.12. The molecule has 2 aromatic carbocycles. The molecular weight excluding hydrogens is 364 g/mol. The molecule has 0 aliphatic carbocycles. The van der Waals surface area contributed by atoms with Gasteiger partial charge in [-0.2, -0.15) is 0 Å². The molecule has 0 saturated carbocycles. The second-order valence-corrected chi connectivity index (χ2v) is 6.56. The van der Waals surface area contributed by atoms with Gasteiger partial charge in [-0.3, -0.25) is 4.79 Å². The molecule has 2 aromatic heterocycles. The Bertz CT molecular complexity index is 1120. The van der Waals surface area contributed by atoms with E-state index in [0.29, 0.717) is 31.0 Å². The molecule has 4 rings (SSSR count). The summed E-state index contributed by atoms with van der Waals surface area (Å²) in [5, 5.41) is 2.97. The van der Waals surface area contributed by atoms with Crippen LogP contribution in [-0.2, 0) is 13.1 Å². The molecule has 146 valence electrons. The Morgan fingerprint density at radius 3 is 2.66 bits per heavy atom. The van der Waals surface area contributed by atoms with Gasteiger partial charge in [-0.05, 0) is 36.8 Å². The van der Waals surface area contributed by atoms with Gasteiger partial charge in [0.05, 0.1) is 25.3 Å². The molecule has 0 fully saturated rings. The lowest BCUT2D eigenvalue weighted by atomic mass is 10.2. The number of hydrogen-bond donors (Lipinski definition) is 1. The van der Waals surface area contributed by atoms with Crippen LogP contribution in [0.15, 0.2) is 72.9 Å². The fraction of sp³-hybridized carbons (Fsp3) is 0.174.